The highest BCUT2D eigenvalue weighted by molar-refractivity contribution is 7.91. The zero-order valence-corrected chi connectivity index (χ0v) is 15.5. The molecule has 1 aromatic carbocycles. The van der Waals surface area contributed by atoms with E-state index in [0.29, 0.717) is 23.3 Å². The Balaban J connectivity index is 1.84. The summed E-state index contributed by atoms with van der Waals surface area (Å²) in [6, 6.07) is 8.76. The van der Waals surface area contributed by atoms with Gasteiger partial charge in [0.2, 0.25) is 10.0 Å². The number of H-pyrrole nitrogens is 1. The van der Waals surface area contributed by atoms with Gasteiger partial charge >= 0.3 is 0 Å². The molecule has 0 bridgehead atoms. The van der Waals surface area contributed by atoms with Crippen LogP contribution in [0.2, 0.25) is 0 Å². The predicted molar refractivity (Wildman–Crippen MR) is 99.1 cm³/mol. The summed E-state index contributed by atoms with van der Waals surface area (Å²) < 4.78 is 32.3. The van der Waals surface area contributed by atoms with Gasteiger partial charge in [0.25, 0.3) is 5.56 Å². The van der Waals surface area contributed by atoms with E-state index in [0.717, 1.165) is 22.3 Å². The lowest BCUT2D eigenvalue weighted by Gasteiger charge is -2.10. The highest BCUT2D eigenvalue weighted by Gasteiger charge is 2.15. The maximum atomic E-state index is 12.3. The summed E-state index contributed by atoms with van der Waals surface area (Å²) in [7, 11) is -1.97. The average Bonchev–Trinajstić information content (AvgIpc) is 3.12. The summed E-state index contributed by atoms with van der Waals surface area (Å²) in [6.07, 6.45) is 0.298. The number of rotatable bonds is 6. The van der Waals surface area contributed by atoms with Gasteiger partial charge in [-0.1, -0.05) is 12.1 Å². The second-order valence-corrected chi connectivity index (χ2v) is 8.52. The molecule has 8 heteroatoms. The fraction of sp³-hybridized carbons (Fsp3) is 0.235. The van der Waals surface area contributed by atoms with Crippen LogP contribution in [0.15, 0.2) is 44.7 Å². The van der Waals surface area contributed by atoms with E-state index in [1.165, 1.54) is 0 Å². The van der Waals surface area contributed by atoms with Crippen molar-refractivity contribution in [2.45, 2.75) is 17.6 Å². The number of aryl methyl sites for hydroxylation is 1. The van der Waals surface area contributed by atoms with E-state index >= 15 is 0 Å². The van der Waals surface area contributed by atoms with Crippen LogP contribution in [0, 0.1) is 6.92 Å². The molecular weight excluding hydrogens is 360 g/mol. The van der Waals surface area contributed by atoms with Gasteiger partial charge < -0.3 is 9.72 Å². The molecule has 0 fully saturated rings. The molecule has 2 heterocycles. The molecule has 0 aliphatic carbocycles. The van der Waals surface area contributed by atoms with Gasteiger partial charge in [-0.25, -0.2) is 13.1 Å². The second-order valence-electron chi connectivity index (χ2n) is 5.58. The first-order valence-electron chi connectivity index (χ1n) is 7.65. The lowest BCUT2D eigenvalue weighted by atomic mass is 10.1. The van der Waals surface area contributed by atoms with Crippen LogP contribution in [0.3, 0.4) is 0 Å². The SMILES string of the molecule is COc1ccc(C)c2cc(CCNS(=O)(=O)c3cccs3)c(=O)[nH]c12. The summed E-state index contributed by atoms with van der Waals surface area (Å²) in [5, 5.41) is 2.59. The number of nitrogens with one attached hydrogen (secondary N) is 2. The molecule has 2 N–H and O–H groups in total. The van der Waals surface area contributed by atoms with Crippen LogP contribution in [0.4, 0.5) is 0 Å². The van der Waals surface area contributed by atoms with Gasteiger partial charge in [-0.15, -0.1) is 11.3 Å². The molecule has 0 radical (unpaired) electrons. The van der Waals surface area contributed by atoms with Crippen molar-refractivity contribution in [3.63, 3.8) is 0 Å². The molecule has 0 aliphatic rings. The van der Waals surface area contributed by atoms with E-state index in [1.54, 1.807) is 30.7 Å². The Bertz CT molecular complexity index is 1050. The number of benzene rings is 1. The fourth-order valence-corrected chi connectivity index (χ4v) is 4.68. The van der Waals surface area contributed by atoms with E-state index in [4.69, 9.17) is 4.74 Å². The quantitative estimate of drug-likeness (QED) is 0.689. The van der Waals surface area contributed by atoms with Crippen molar-refractivity contribution in [1.29, 1.82) is 0 Å². The maximum Gasteiger partial charge on any atom is 0.251 e. The van der Waals surface area contributed by atoms with Gasteiger partial charge in [-0.2, -0.15) is 0 Å². The monoisotopic (exact) mass is 378 g/mol. The molecule has 0 spiro atoms. The number of hydrogen-bond acceptors (Lipinski definition) is 5. The number of thiophene rings is 1. The fourth-order valence-electron chi connectivity index (χ4n) is 2.62. The average molecular weight is 378 g/mol. The van der Waals surface area contributed by atoms with Crippen LogP contribution in [0.5, 0.6) is 5.75 Å². The van der Waals surface area contributed by atoms with E-state index in [2.05, 4.69) is 9.71 Å². The highest BCUT2D eigenvalue weighted by Crippen LogP contribution is 2.25. The Hall–Kier alpha value is -2.16. The summed E-state index contributed by atoms with van der Waals surface area (Å²) in [5.74, 6) is 0.600. The van der Waals surface area contributed by atoms with E-state index in [9.17, 15) is 13.2 Å². The molecule has 3 rings (SSSR count). The minimum absolute atomic E-state index is 0.151. The Labute approximate surface area is 149 Å². The van der Waals surface area contributed by atoms with Crippen molar-refractivity contribution in [1.82, 2.24) is 9.71 Å². The topological polar surface area (TPSA) is 88.3 Å². The molecule has 0 amide bonds. The van der Waals surface area contributed by atoms with Crippen LogP contribution in [0.1, 0.15) is 11.1 Å². The minimum atomic E-state index is -3.53. The molecule has 0 saturated carbocycles. The molecule has 0 saturated heterocycles. The number of fused-ring (bicyclic) bond motifs is 1. The van der Waals surface area contributed by atoms with E-state index in [-0.39, 0.29) is 16.3 Å². The molecule has 132 valence electrons. The summed E-state index contributed by atoms with van der Waals surface area (Å²) in [6.45, 7) is 2.10. The van der Waals surface area contributed by atoms with Crippen molar-refractivity contribution < 1.29 is 13.2 Å². The normalized spacial score (nSPS) is 11.8. The summed E-state index contributed by atoms with van der Waals surface area (Å²) >= 11 is 1.15. The molecule has 0 aliphatic heterocycles. The van der Waals surface area contributed by atoms with E-state index in [1.807, 2.05) is 19.1 Å². The van der Waals surface area contributed by atoms with Gasteiger partial charge in [-0.05, 0) is 42.5 Å². The zero-order chi connectivity index (χ0) is 18.0. The third-order valence-corrected chi connectivity index (χ3v) is 6.80. The largest absolute Gasteiger partial charge is 0.495 e. The molecule has 2 aromatic heterocycles. The van der Waals surface area contributed by atoms with Crippen LogP contribution in [-0.2, 0) is 16.4 Å². The molecule has 3 aromatic rings. The van der Waals surface area contributed by atoms with Crippen LogP contribution < -0.4 is 15.0 Å². The van der Waals surface area contributed by atoms with Crippen LogP contribution in [0.25, 0.3) is 10.9 Å². The Morgan fingerprint density at radius 3 is 2.76 bits per heavy atom. The van der Waals surface area contributed by atoms with Gasteiger partial charge in [-0.3, -0.25) is 4.79 Å². The number of methoxy groups -OCH3 is 1. The van der Waals surface area contributed by atoms with Crippen LogP contribution >= 0.6 is 11.3 Å². The number of sulfonamides is 1. The first kappa shape index (κ1) is 17.7. The Morgan fingerprint density at radius 1 is 1.28 bits per heavy atom. The van der Waals surface area contributed by atoms with Crippen LogP contribution in [-0.4, -0.2) is 27.1 Å². The Kier molecular flexibility index (Phi) is 4.94. The number of ether oxygens (including phenoxy) is 1. The van der Waals surface area contributed by atoms with Crippen molar-refractivity contribution in [2.75, 3.05) is 13.7 Å². The molecule has 0 atom stereocenters. The van der Waals surface area contributed by atoms with Gasteiger partial charge in [0.05, 0.1) is 12.6 Å². The van der Waals surface area contributed by atoms with Crippen molar-refractivity contribution in [3.8, 4) is 5.75 Å². The third kappa shape index (κ3) is 3.60. The standard InChI is InChI=1S/C17H18N2O4S2/c1-11-5-6-14(23-2)16-13(11)10-12(17(20)19-16)7-8-18-25(21,22)15-4-3-9-24-15/h3-6,9-10,18H,7-8H2,1-2H3,(H,19,20). The molecule has 6 nitrogen and oxygen atoms in total. The first-order chi connectivity index (χ1) is 11.9. The van der Waals surface area contributed by atoms with Crippen molar-refractivity contribution >= 4 is 32.3 Å². The number of pyridine rings is 1. The summed E-state index contributed by atoms with van der Waals surface area (Å²) in [4.78, 5) is 15.1. The third-order valence-electron chi connectivity index (χ3n) is 3.94. The molecule has 0 unspecified atom stereocenters. The zero-order valence-electron chi connectivity index (χ0n) is 13.8. The lowest BCUT2D eigenvalue weighted by Crippen LogP contribution is -2.27. The maximum absolute atomic E-state index is 12.3. The number of hydrogen-bond donors (Lipinski definition) is 2. The molecule has 25 heavy (non-hydrogen) atoms. The Morgan fingerprint density at radius 2 is 2.08 bits per heavy atom. The first-order valence-corrected chi connectivity index (χ1v) is 10.0. The van der Waals surface area contributed by atoms with Gasteiger partial charge in [0, 0.05) is 17.5 Å². The summed E-state index contributed by atoms with van der Waals surface area (Å²) in [5.41, 5.74) is 1.94. The minimum Gasteiger partial charge on any atom is -0.495 e. The van der Waals surface area contributed by atoms with Gasteiger partial charge in [0.1, 0.15) is 9.96 Å². The predicted octanol–water partition coefficient (Wildman–Crippen LogP) is 2.43. The lowest BCUT2D eigenvalue weighted by molar-refractivity contribution is 0.418. The number of aromatic amines is 1. The highest BCUT2D eigenvalue weighted by atomic mass is 32.2. The smallest absolute Gasteiger partial charge is 0.251 e. The number of aromatic nitrogens is 1. The van der Waals surface area contributed by atoms with Crippen molar-refractivity contribution in [2.24, 2.45) is 0 Å². The van der Waals surface area contributed by atoms with E-state index < -0.39 is 10.0 Å². The molecular formula is C17H18N2O4S2. The second kappa shape index (κ2) is 6.99. The van der Waals surface area contributed by atoms with Gasteiger partial charge in [0.15, 0.2) is 0 Å². The van der Waals surface area contributed by atoms with Crippen molar-refractivity contribution in [3.05, 3.63) is 57.2 Å².